The number of rotatable bonds is 4. The highest BCUT2D eigenvalue weighted by molar-refractivity contribution is 5.82. The molecule has 0 aliphatic carbocycles. The molecule has 0 amide bonds. The standard InChI is InChI=1S/C9H15N5/c1-7(2)5-11-13-9(10)14-12-6-8(3)4/h5-6H,1,3H2,2,4H3,(H3,10,13,14)/b11-5+,12-6+. The topological polar surface area (TPSA) is 72.6 Å². The molecule has 0 aromatic rings. The minimum Gasteiger partial charge on any atom is -0.266 e. The molecular formula is C9H15N5. The van der Waals surface area contributed by atoms with Crippen molar-refractivity contribution in [2.75, 3.05) is 0 Å². The van der Waals surface area contributed by atoms with Crippen molar-refractivity contribution >= 4 is 18.4 Å². The van der Waals surface area contributed by atoms with E-state index in [2.05, 4.69) is 34.2 Å². The molecule has 0 aromatic carbocycles. The maximum Gasteiger partial charge on any atom is 0.230 e. The Kier molecular flexibility index (Phi) is 5.69. The molecule has 0 unspecified atom stereocenters. The smallest absolute Gasteiger partial charge is 0.230 e. The molecule has 0 saturated heterocycles. The summed E-state index contributed by atoms with van der Waals surface area (Å²) in [5.74, 6) is -0.0139. The minimum atomic E-state index is -0.0139. The summed E-state index contributed by atoms with van der Waals surface area (Å²) in [6.45, 7) is 10.8. The van der Waals surface area contributed by atoms with E-state index < -0.39 is 0 Å². The van der Waals surface area contributed by atoms with Gasteiger partial charge in [-0.25, -0.2) is 10.9 Å². The van der Waals surface area contributed by atoms with Crippen LogP contribution < -0.4 is 10.9 Å². The summed E-state index contributed by atoms with van der Waals surface area (Å²) in [6, 6.07) is 0. The lowest BCUT2D eigenvalue weighted by Crippen LogP contribution is -2.29. The van der Waals surface area contributed by atoms with E-state index in [4.69, 9.17) is 5.41 Å². The Morgan fingerprint density at radius 2 is 1.43 bits per heavy atom. The normalized spacial score (nSPS) is 10.4. The van der Waals surface area contributed by atoms with Crippen molar-refractivity contribution < 1.29 is 0 Å². The van der Waals surface area contributed by atoms with Gasteiger partial charge in [0.15, 0.2) is 0 Å². The van der Waals surface area contributed by atoms with Gasteiger partial charge in [-0.05, 0) is 25.0 Å². The van der Waals surface area contributed by atoms with Crippen LogP contribution in [0.4, 0.5) is 0 Å². The summed E-state index contributed by atoms with van der Waals surface area (Å²) in [6.07, 6.45) is 3.03. The van der Waals surface area contributed by atoms with Crippen LogP contribution in [-0.2, 0) is 0 Å². The lowest BCUT2D eigenvalue weighted by atomic mass is 10.4. The van der Waals surface area contributed by atoms with Crippen LogP contribution >= 0.6 is 0 Å². The molecule has 0 aromatic heterocycles. The first kappa shape index (κ1) is 12.1. The second-order valence-corrected chi connectivity index (χ2v) is 2.81. The molecule has 3 N–H and O–H groups in total. The summed E-state index contributed by atoms with van der Waals surface area (Å²) in [7, 11) is 0. The lowest BCUT2D eigenvalue weighted by Gasteiger charge is -1.99. The zero-order chi connectivity index (χ0) is 11.0. The molecular weight excluding hydrogens is 178 g/mol. The van der Waals surface area contributed by atoms with Crippen LogP contribution in [-0.4, -0.2) is 18.4 Å². The SMILES string of the molecule is C=C(C)/C=N/NC(=N)N/N=C/C(=C)C. The summed E-state index contributed by atoms with van der Waals surface area (Å²) in [5.41, 5.74) is 6.45. The number of nitrogens with zero attached hydrogens (tertiary/aromatic N) is 2. The summed E-state index contributed by atoms with van der Waals surface area (Å²) in [5, 5.41) is 14.7. The first-order valence-electron chi connectivity index (χ1n) is 4.00. The third-order valence-corrected chi connectivity index (χ3v) is 0.923. The Morgan fingerprint density at radius 3 is 1.71 bits per heavy atom. The minimum absolute atomic E-state index is 0.0139. The molecule has 0 atom stereocenters. The Balaban J connectivity index is 3.77. The lowest BCUT2D eigenvalue weighted by molar-refractivity contribution is 0.892. The van der Waals surface area contributed by atoms with E-state index in [-0.39, 0.29) is 5.96 Å². The second kappa shape index (κ2) is 6.59. The van der Waals surface area contributed by atoms with E-state index in [0.717, 1.165) is 11.1 Å². The van der Waals surface area contributed by atoms with Gasteiger partial charge < -0.3 is 0 Å². The van der Waals surface area contributed by atoms with Gasteiger partial charge in [-0.3, -0.25) is 5.41 Å². The molecule has 14 heavy (non-hydrogen) atoms. The van der Waals surface area contributed by atoms with E-state index in [1.807, 2.05) is 0 Å². The highest BCUT2D eigenvalue weighted by Crippen LogP contribution is 1.78. The Labute approximate surface area is 83.8 Å². The highest BCUT2D eigenvalue weighted by Gasteiger charge is 1.87. The fraction of sp³-hybridized carbons (Fsp3) is 0.222. The van der Waals surface area contributed by atoms with Gasteiger partial charge >= 0.3 is 0 Å². The van der Waals surface area contributed by atoms with Gasteiger partial charge in [0.05, 0.1) is 0 Å². The second-order valence-electron chi connectivity index (χ2n) is 2.81. The molecule has 0 aliphatic rings. The molecule has 0 heterocycles. The maximum atomic E-state index is 7.27. The van der Waals surface area contributed by atoms with Crippen LogP contribution in [0.2, 0.25) is 0 Å². The van der Waals surface area contributed by atoms with Crippen molar-refractivity contribution in [1.82, 2.24) is 10.9 Å². The van der Waals surface area contributed by atoms with E-state index in [1.165, 1.54) is 12.4 Å². The van der Waals surface area contributed by atoms with Gasteiger partial charge in [-0.1, -0.05) is 13.2 Å². The highest BCUT2D eigenvalue weighted by atomic mass is 15.4. The van der Waals surface area contributed by atoms with Gasteiger partial charge in [0.1, 0.15) is 0 Å². The number of hydrazone groups is 2. The van der Waals surface area contributed by atoms with Gasteiger partial charge in [0.25, 0.3) is 0 Å². The monoisotopic (exact) mass is 193 g/mol. The Hall–Kier alpha value is -1.91. The van der Waals surface area contributed by atoms with Crippen molar-refractivity contribution in [3.05, 3.63) is 24.3 Å². The molecule has 76 valence electrons. The zero-order valence-electron chi connectivity index (χ0n) is 8.46. The number of guanidine groups is 1. The summed E-state index contributed by atoms with van der Waals surface area (Å²) in [4.78, 5) is 0. The van der Waals surface area contributed by atoms with E-state index in [1.54, 1.807) is 13.8 Å². The fourth-order valence-electron chi connectivity index (χ4n) is 0.439. The maximum absolute atomic E-state index is 7.27. The molecule has 0 aliphatic heterocycles. The number of hydrogen-bond donors (Lipinski definition) is 3. The van der Waals surface area contributed by atoms with E-state index in [0.29, 0.717) is 0 Å². The van der Waals surface area contributed by atoms with E-state index >= 15 is 0 Å². The number of allylic oxidation sites excluding steroid dienone is 2. The number of hydrogen-bond acceptors (Lipinski definition) is 3. The Morgan fingerprint density at radius 1 is 1.07 bits per heavy atom. The van der Waals surface area contributed by atoms with Crippen molar-refractivity contribution in [3.63, 3.8) is 0 Å². The van der Waals surface area contributed by atoms with Gasteiger partial charge in [-0.2, -0.15) is 10.2 Å². The van der Waals surface area contributed by atoms with Gasteiger partial charge in [-0.15, -0.1) is 0 Å². The first-order valence-corrected chi connectivity index (χ1v) is 4.00. The van der Waals surface area contributed by atoms with Gasteiger partial charge in [0.2, 0.25) is 5.96 Å². The van der Waals surface area contributed by atoms with Crippen molar-refractivity contribution in [2.24, 2.45) is 10.2 Å². The molecule has 0 bridgehead atoms. The van der Waals surface area contributed by atoms with Crippen LogP contribution in [0.1, 0.15) is 13.8 Å². The largest absolute Gasteiger partial charge is 0.266 e. The third kappa shape index (κ3) is 8.19. The van der Waals surface area contributed by atoms with E-state index in [9.17, 15) is 0 Å². The molecule has 5 heteroatoms. The molecule has 0 spiro atoms. The average molecular weight is 193 g/mol. The molecule has 0 fully saturated rings. The van der Waals surface area contributed by atoms with Crippen LogP contribution in [0.25, 0.3) is 0 Å². The molecule has 5 nitrogen and oxygen atoms in total. The summed E-state index contributed by atoms with van der Waals surface area (Å²) >= 11 is 0. The molecule has 0 rings (SSSR count). The predicted molar refractivity (Wildman–Crippen MR) is 60.6 cm³/mol. The van der Waals surface area contributed by atoms with Gasteiger partial charge in [0, 0.05) is 12.4 Å². The molecule has 0 radical (unpaired) electrons. The summed E-state index contributed by atoms with van der Waals surface area (Å²) < 4.78 is 0. The fourth-order valence-corrected chi connectivity index (χ4v) is 0.439. The van der Waals surface area contributed by atoms with Crippen LogP contribution in [0.15, 0.2) is 34.5 Å². The molecule has 0 saturated carbocycles. The first-order chi connectivity index (χ1) is 6.52. The quantitative estimate of drug-likeness (QED) is 0.357. The van der Waals surface area contributed by atoms with Crippen molar-refractivity contribution in [2.45, 2.75) is 13.8 Å². The van der Waals surface area contributed by atoms with Crippen LogP contribution in [0.3, 0.4) is 0 Å². The van der Waals surface area contributed by atoms with Crippen molar-refractivity contribution in [3.8, 4) is 0 Å². The van der Waals surface area contributed by atoms with Crippen molar-refractivity contribution in [1.29, 1.82) is 5.41 Å². The zero-order valence-corrected chi connectivity index (χ0v) is 8.46. The number of nitrogens with one attached hydrogen (secondary N) is 3. The Bertz CT molecular complexity index is 260. The average Bonchev–Trinajstić information content (AvgIpc) is 2.02. The van der Waals surface area contributed by atoms with Crippen LogP contribution in [0, 0.1) is 5.41 Å². The van der Waals surface area contributed by atoms with Crippen LogP contribution in [0.5, 0.6) is 0 Å². The predicted octanol–water partition coefficient (Wildman–Crippen LogP) is 1.22. The third-order valence-electron chi connectivity index (χ3n) is 0.923.